The molecule has 120 valence electrons. The molecule has 1 aliphatic rings. The summed E-state index contributed by atoms with van der Waals surface area (Å²) in [5.74, 6) is -0.0581. The largest absolute Gasteiger partial charge is 0.371 e. The highest BCUT2D eigenvalue weighted by Crippen LogP contribution is 2.30. The standard InChI is InChI=1S/C18H18Cl2N2O/c19-14-7-3-8-15(18(14)20)21-17(23)10-12-22-11-4-6-13-5-1-2-9-16(13)22/h1-3,5,7-9H,4,6,10-12H2,(H,21,23). The fraction of sp³-hybridized carbons (Fsp3) is 0.278. The van der Waals surface area contributed by atoms with Gasteiger partial charge < -0.3 is 10.2 Å². The highest BCUT2D eigenvalue weighted by Gasteiger charge is 2.17. The van der Waals surface area contributed by atoms with E-state index in [4.69, 9.17) is 23.2 Å². The number of hydrogen-bond acceptors (Lipinski definition) is 2. The number of nitrogens with one attached hydrogen (secondary N) is 1. The quantitative estimate of drug-likeness (QED) is 0.862. The van der Waals surface area contributed by atoms with E-state index in [9.17, 15) is 4.79 Å². The Labute approximate surface area is 146 Å². The van der Waals surface area contributed by atoms with Gasteiger partial charge in [0.25, 0.3) is 0 Å². The summed E-state index contributed by atoms with van der Waals surface area (Å²) >= 11 is 12.1. The molecular formula is C18H18Cl2N2O. The Balaban J connectivity index is 1.61. The highest BCUT2D eigenvalue weighted by atomic mass is 35.5. The Morgan fingerprint density at radius 2 is 1.96 bits per heavy atom. The Hall–Kier alpha value is -1.71. The number of rotatable bonds is 4. The van der Waals surface area contributed by atoms with Crippen molar-refractivity contribution in [2.24, 2.45) is 0 Å². The predicted octanol–water partition coefficient (Wildman–Crippen LogP) is 4.77. The average molecular weight is 349 g/mol. The van der Waals surface area contributed by atoms with Crippen molar-refractivity contribution in [2.45, 2.75) is 19.3 Å². The zero-order chi connectivity index (χ0) is 16.2. The molecule has 3 nitrogen and oxygen atoms in total. The zero-order valence-electron chi connectivity index (χ0n) is 12.7. The number of anilines is 2. The second-order valence-electron chi connectivity index (χ2n) is 5.62. The number of hydrogen-bond donors (Lipinski definition) is 1. The number of nitrogens with zero attached hydrogens (tertiary/aromatic N) is 1. The second-order valence-corrected chi connectivity index (χ2v) is 6.40. The molecule has 1 amide bonds. The average Bonchev–Trinajstić information content (AvgIpc) is 2.57. The molecule has 0 atom stereocenters. The van der Waals surface area contributed by atoms with Gasteiger partial charge in [0, 0.05) is 25.2 Å². The minimum absolute atomic E-state index is 0.0581. The van der Waals surface area contributed by atoms with E-state index in [2.05, 4.69) is 28.4 Å². The molecule has 0 unspecified atom stereocenters. The summed E-state index contributed by atoms with van der Waals surface area (Å²) in [6.07, 6.45) is 2.65. The third kappa shape index (κ3) is 3.80. The zero-order valence-corrected chi connectivity index (χ0v) is 14.2. The van der Waals surface area contributed by atoms with Gasteiger partial charge >= 0.3 is 0 Å². The lowest BCUT2D eigenvalue weighted by molar-refractivity contribution is -0.116. The van der Waals surface area contributed by atoms with Crippen LogP contribution in [0.4, 0.5) is 11.4 Å². The first-order valence-corrected chi connectivity index (χ1v) is 8.47. The van der Waals surface area contributed by atoms with Crippen LogP contribution in [0.3, 0.4) is 0 Å². The Morgan fingerprint density at radius 1 is 1.13 bits per heavy atom. The van der Waals surface area contributed by atoms with Crippen molar-refractivity contribution >= 4 is 40.5 Å². The van der Waals surface area contributed by atoms with Crippen molar-refractivity contribution in [3.8, 4) is 0 Å². The van der Waals surface area contributed by atoms with Crippen molar-refractivity contribution in [3.63, 3.8) is 0 Å². The number of halogens is 2. The smallest absolute Gasteiger partial charge is 0.226 e. The lowest BCUT2D eigenvalue weighted by Gasteiger charge is -2.31. The first-order valence-electron chi connectivity index (χ1n) is 7.72. The van der Waals surface area contributed by atoms with Gasteiger partial charge in [-0.25, -0.2) is 0 Å². The predicted molar refractivity (Wildman–Crippen MR) is 96.7 cm³/mol. The van der Waals surface area contributed by atoms with Gasteiger partial charge in [0.2, 0.25) is 5.91 Å². The number of para-hydroxylation sites is 1. The SMILES string of the molecule is O=C(CCN1CCCc2ccccc21)Nc1cccc(Cl)c1Cl. The molecule has 0 aromatic heterocycles. The first-order chi connectivity index (χ1) is 11.1. The molecule has 0 fully saturated rings. The van der Waals surface area contributed by atoms with Gasteiger partial charge in [0.1, 0.15) is 0 Å². The van der Waals surface area contributed by atoms with Crippen LogP contribution in [0.1, 0.15) is 18.4 Å². The number of benzene rings is 2. The topological polar surface area (TPSA) is 32.3 Å². The van der Waals surface area contributed by atoms with Crippen LogP contribution in [-0.4, -0.2) is 19.0 Å². The van der Waals surface area contributed by atoms with Gasteiger partial charge in [-0.3, -0.25) is 4.79 Å². The van der Waals surface area contributed by atoms with Crippen molar-refractivity contribution < 1.29 is 4.79 Å². The molecule has 2 aromatic rings. The van der Waals surface area contributed by atoms with Gasteiger partial charge in [-0.15, -0.1) is 0 Å². The van der Waals surface area contributed by atoms with Crippen molar-refractivity contribution in [1.29, 1.82) is 0 Å². The molecule has 1 aliphatic heterocycles. The maximum Gasteiger partial charge on any atom is 0.226 e. The van der Waals surface area contributed by atoms with E-state index in [1.165, 1.54) is 11.3 Å². The van der Waals surface area contributed by atoms with Gasteiger partial charge in [-0.05, 0) is 36.6 Å². The molecule has 0 spiro atoms. The summed E-state index contributed by atoms with van der Waals surface area (Å²) in [4.78, 5) is 14.5. The lowest BCUT2D eigenvalue weighted by atomic mass is 10.0. The molecule has 1 heterocycles. The van der Waals surface area contributed by atoms with E-state index in [0.717, 1.165) is 19.4 Å². The van der Waals surface area contributed by atoms with Gasteiger partial charge in [-0.1, -0.05) is 47.5 Å². The fourth-order valence-corrected chi connectivity index (χ4v) is 3.24. The Bertz CT molecular complexity index is 718. The molecule has 0 bridgehead atoms. The summed E-state index contributed by atoms with van der Waals surface area (Å²) in [6.45, 7) is 1.68. The van der Waals surface area contributed by atoms with E-state index in [1.54, 1.807) is 18.2 Å². The molecule has 1 N–H and O–H groups in total. The minimum Gasteiger partial charge on any atom is -0.371 e. The molecule has 0 aliphatic carbocycles. The number of carbonyl (C=O) groups is 1. The van der Waals surface area contributed by atoms with Crippen molar-refractivity contribution in [3.05, 3.63) is 58.1 Å². The van der Waals surface area contributed by atoms with Gasteiger partial charge in [-0.2, -0.15) is 0 Å². The van der Waals surface area contributed by atoms with Crippen LogP contribution >= 0.6 is 23.2 Å². The third-order valence-electron chi connectivity index (χ3n) is 4.04. The summed E-state index contributed by atoms with van der Waals surface area (Å²) in [7, 11) is 0. The monoisotopic (exact) mass is 348 g/mol. The Morgan fingerprint density at radius 3 is 2.83 bits per heavy atom. The normalized spacial score (nSPS) is 13.6. The van der Waals surface area contributed by atoms with Crippen LogP contribution in [0.15, 0.2) is 42.5 Å². The molecule has 23 heavy (non-hydrogen) atoms. The van der Waals surface area contributed by atoms with Crippen LogP contribution in [0.5, 0.6) is 0 Å². The number of aryl methyl sites for hydroxylation is 1. The van der Waals surface area contributed by atoms with Gasteiger partial charge in [0.15, 0.2) is 0 Å². The van der Waals surface area contributed by atoms with Crippen LogP contribution in [0, 0.1) is 0 Å². The molecule has 2 aromatic carbocycles. The Kier molecular flexibility index (Phi) is 5.09. The summed E-state index contributed by atoms with van der Waals surface area (Å²) in [5.41, 5.74) is 3.16. The number of fused-ring (bicyclic) bond motifs is 1. The maximum atomic E-state index is 12.2. The molecule has 0 saturated heterocycles. The molecular weight excluding hydrogens is 331 g/mol. The van der Waals surface area contributed by atoms with Crippen LogP contribution < -0.4 is 10.2 Å². The van der Waals surface area contributed by atoms with E-state index < -0.39 is 0 Å². The van der Waals surface area contributed by atoms with E-state index in [1.807, 2.05) is 6.07 Å². The number of carbonyl (C=O) groups excluding carboxylic acids is 1. The molecule has 0 saturated carbocycles. The van der Waals surface area contributed by atoms with E-state index in [0.29, 0.717) is 28.7 Å². The van der Waals surface area contributed by atoms with Gasteiger partial charge in [0.05, 0.1) is 15.7 Å². The molecule has 3 rings (SSSR count). The maximum absolute atomic E-state index is 12.2. The summed E-state index contributed by atoms with van der Waals surface area (Å²) in [6, 6.07) is 13.6. The highest BCUT2D eigenvalue weighted by molar-refractivity contribution is 6.43. The second kappa shape index (κ2) is 7.24. The lowest BCUT2D eigenvalue weighted by Crippen LogP contribution is -2.32. The van der Waals surface area contributed by atoms with Crippen molar-refractivity contribution in [1.82, 2.24) is 0 Å². The first kappa shape index (κ1) is 16.2. The van der Waals surface area contributed by atoms with E-state index >= 15 is 0 Å². The third-order valence-corrected chi connectivity index (χ3v) is 4.86. The van der Waals surface area contributed by atoms with Crippen LogP contribution in [0.25, 0.3) is 0 Å². The molecule has 0 radical (unpaired) electrons. The van der Waals surface area contributed by atoms with Crippen molar-refractivity contribution in [2.75, 3.05) is 23.3 Å². The summed E-state index contributed by atoms with van der Waals surface area (Å²) < 4.78 is 0. The van der Waals surface area contributed by atoms with E-state index in [-0.39, 0.29) is 5.91 Å². The van der Waals surface area contributed by atoms with Crippen LogP contribution in [-0.2, 0) is 11.2 Å². The minimum atomic E-state index is -0.0581. The number of amides is 1. The van der Waals surface area contributed by atoms with Crippen LogP contribution in [0.2, 0.25) is 10.0 Å². The fourth-order valence-electron chi connectivity index (χ4n) is 2.89. The summed E-state index contributed by atoms with van der Waals surface area (Å²) in [5, 5.41) is 3.65. The molecule has 5 heteroatoms.